The zero-order valence-electron chi connectivity index (χ0n) is 9.99. The number of pyridine rings is 1. The van der Waals surface area contributed by atoms with Crippen molar-refractivity contribution in [1.82, 2.24) is 4.57 Å². The highest BCUT2D eigenvalue weighted by atomic mass is 16.6. The van der Waals surface area contributed by atoms with Gasteiger partial charge in [-0.1, -0.05) is 0 Å². The maximum absolute atomic E-state index is 11.5. The van der Waals surface area contributed by atoms with Crippen LogP contribution < -0.4 is 5.43 Å². The number of nitro groups is 2. The van der Waals surface area contributed by atoms with E-state index in [1.165, 1.54) is 0 Å². The van der Waals surface area contributed by atoms with Crippen molar-refractivity contribution < 1.29 is 24.9 Å². The van der Waals surface area contributed by atoms with Gasteiger partial charge in [0.1, 0.15) is 0 Å². The van der Waals surface area contributed by atoms with Gasteiger partial charge in [-0.15, -0.1) is 0 Å². The number of carboxylic acids is 1. The van der Waals surface area contributed by atoms with Crippen molar-refractivity contribution in [2.75, 3.05) is 0 Å². The van der Waals surface area contributed by atoms with Crippen LogP contribution in [0.3, 0.4) is 0 Å². The number of aromatic nitrogens is 1. The second kappa shape index (κ2) is 5.44. The number of aliphatic hydroxyl groups excluding tert-OH is 1. The molecular weight excluding hydrogens is 278 g/mol. The lowest BCUT2D eigenvalue weighted by molar-refractivity contribution is -0.397. The molecule has 2 atom stereocenters. The van der Waals surface area contributed by atoms with E-state index in [2.05, 4.69) is 0 Å². The van der Waals surface area contributed by atoms with Crippen LogP contribution in [0, 0.1) is 20.2 Å². The van der Waals surface area contributed by atoms with Crippen molar-refractivity contribution in [3.8, 4) is 0 Å². The molecule has 0 unspecified atom stereocenters. The van der Waals surface area contributed by atoms with Crippen LogP contribution in [0.25, 0.3) is 0 Å². The Kier molecular flexibility index (Phi) is 4.14. The van der Waals surface area contributed by atoms with E-state index in [9.17, 15) is 34.9 Å². The normalized spacial score (nSPS) is 13.5. The highest BCUT2D eigenvalue weighted by molar-refractivity contribution is 5.72. The molecule has 0 bridgehead atoms. The molecule has 0 aromatic carbocycles. The van der Waals surface area contributed by atoms with Crippen LogP contribution in [0.1, 0.15) is 13.0 Å². The summed E-state index contributed by atoms with van der Waals surface area (Å²) < 4.78 is 0.560. The lowest BCUT2D eigenvalue weighted by atomic mass is 10.1. The number of aliphatic hydroxyl groups is 1. The molecular formula is C9H9N3O8. The standard InChI is InChI=1S/C9H9N3O8/c1-4(13)7(9(15)16)10-2-5(11(17)18)8(14)6(3-10)12(19)20/h2-4,7,13H,1H3,(H,15,16)/t4-,7-/m1/s1. The van der Waals surface area contributed by atoms with E-state index < -0.39 is 44.8 Å². The van der Waals surface area contributed by atoms with E-state index in [0.717, 1.165) is 6.92 Å². The molecule has 0 radical (unpaired) electrons. The molecule has 11 heteroatoms. The highest BCUT2D eigenvalue weighted by Crippen LogP contribution is 2.19. The van der Waals surface area contributed by atoms with Crippen molar-refractivity contribution in [3.05, 3.63) is 42.8 Å². The maximum Gasteiger partial charge on any atom is 0.339 e. The second-order valence-corrected chi connectivity index (χ2v) is 3.84. The molecule has 108 valence electrons. The van der Waals surface area contributed by atoms with E-state index in [1.54, 1.807) is 0 Å². The van der Waals surface area contributed by atoms with E-state index in [-0.39, 0.29) is 0 Å². The third-order valence-electron chi connectivity index (χ3n) is 2.43. The molecule has 1 heterocycles. The van der Waals surface area contributed by atoms with Gasteiger partial charge in [0.15, 0.2) is 6.04 Å². The van der Waals surface area contributed by atoms with Crippen molar-refractivity contribution >= 4 is 17.3 Å². The Morgan fingerprint density at radius 1 is 1.25 bits per heavy atom. The summed E-state index contributed by atoms with van der Waals surface area (Å²) in [5, 5.41) is 39.6. The average molecular weight is 287 g/mol. The smallest absolute Gasteiger partial charge is 0.339 e. The Morgan fingerprint density at radius 2 is 1.65 bits per heavy atom. The fourth-order valence-corrected chi connectivity index (χ4v) is 1.57. The largest absolute Gasteiger partial charge is 0.480 e. The minimum atomic E-state index is -1.70. The minimum Gasteiger partial charge on any atom is -0.480 e. The second-order valence-electron chi connectivity index (χ2n) is 3.84. The fraction of sp³-hybridized carbons (Fsp3) is 0.333. The Balaban J connectivity index is 3.64. The molecule has 0 saturated heterocycles. The molecule has 1 aromatic rings. The van der Waals surface area contributed by atoms with Crippen molar-refractivity contribution in [2.45, 2.75) is 19.1 Å². The number of aliphatic carboxylic acids is 1. The van der Waals surface area contributed by atoms with Gasteiger partial charge in [0.2, 0.25) is 0 Å². The van der Waals surface area contributed by atoms with Crippen LogP contribution >= 0.6 is 0 Å². The van der Waals surface area contributed by atoms with Crippen molar-refractivity contribution in [3.63, 3.8) is 0 Å². The molecule has 1 aromatic heterocycles. The topological polar surface area (TPSA) is 166 Å². The molecule has 0 amide bonds. The van der Waals surface area contributed by atoms with Gasteiger partial charge in [-0.3, -0.25) is 25.0 Å². The van der Waals surface area contributed by atoms with Gasteiger partial charge in [0.05, 0.1) is 28.3 Å². The summed E-state index contributed by atoms with van der Waals surface area (Å²) in [4.78, 5) is 41.5. The van der Waals surface area contributed by atoms with Gasteiger partial charge >= 0.3 is 22.8 Å². The molecule has 0 aliphatic rings. The number of nitrogens with zero attached hydrogens (tertiary/aromatic N) is 3. The molecule has 0 saturated carbocycles. The highest BCUT2D eigenvalue weighted by Gasteiger charge is 2.31. The summed E-state index contributed by atoms with van der Waals surface area (Å²) in [5.41, 5.74) is -3.73. The average Bonchev–Trinajstić information content (AvgIpc) is 2.29. The summed E-state index contributed by atoms with van der Waals surface area (Å²) in [6.07, 6.45) is -0.406. The Morgan fingerprint density at radius 3 is 1.90 bits per heavy atom. The van der Waals surface area contributed by atoms with Crippen molar-refractivity contribution in [2.24, 2.45) is 0 Å². The van der Waals surface area contributed by atoms with E-state index >= 15 is 0 Å². The first-order valence-electron chi connectivity index (χ1n) is 5.12. The molecule has 0 aliphatic heterocycles. The zero-order valence-corrected chi connectivity index (χ0v) is 9.99. The molecule has 11 nitrogen and oxygen atoms in total. The molecule has 0 fully saturated rings. The summed E-state index contributed by atoms with van der Waals surface area (Å²) in [7, 11) is 0. The lowest BCUT2D eigenvalue weighted by Crippen LogP contribution is -2.30. The summed E-state index contributed by atoms with van der Waals surface area (Å²) >= 11 is 0. The number of hydrogen-bond acceptors (Lipinski definition) is 7. The summed E-state index contributed by atoms with van der Waals surface area (Å²) in [6.45, 7) is 1.09. The quantitative estimate of drug-likeness (QED) is 0.548. The molecule has 0 spiro atoms. The summed E-state index contributed by atoms with van der Waals surface area (Å²) in [6, 6.07) is -1.70. The van der Waals surface area contributed by atoms with Crippen LogP contribution in [-0.2, 0) is 4.79 Å². The first-order chi connectivity index (χ1) is 9.16. The Labute approximate surface area is 110 Å². The third kappa shape index (κ3) is 2.77. The predicted molar refractivity (Wildman–Crippen MR) is 62.4 cm³/mol. The lowest BCUT2D eigenvalue weighted by Gasteiger charge is -2.18. The molecule has 2 N–H and O–H groups in total. The Bertz CT molecular complexity index is 596. The van der Waals surface area contributed by atoms with Crippen LogP contribution in [0.4, 0.5) is 11.4 Å². The minimum absolute atomic E-state index is 0.542. The maximum atomic E-state index is 11.5. The number of hydrogen-bond donors (Lipinski definition) is 2. The fourth-order valence-electron chi connectivity index (χ4n) is 1.57. The van der Waals surface area contributed by atoms with E-state index in [1.807, 2.05) is 0 Å². The van der Waals surface area contributed by atoms with Gasteiger partial charge in [-0.25, -0.2) is 4.79 Å². The van der Waals surface area contributed by atoms with Crippen LogP contribution in [0.15, 0.2) is 17.2 Å². The van der Waals surface area contributed by atoms with Gasteiger partial charge in [-0.2, -0.15) is 0 Å². The van der Waals surface area contributed by atoms with Crippen LogP contribution in [0.5, 0.6) is 0 Å². The Hall–Kier alpha value is -2.82. The zero-order chi connectivity index (χ0) is 15.6. The number of carboxylic acid groups (broad SMARTS) is 1. The first-order valence-corrected chi connectivity index (χ1v) is 5.12. The van der Waals surface area contributed by atoms with Crippen LogP contribution in [-0.4, -0.2) is 36.7 Å². The van der Waals surface area contributed by atoms with Gasteiger partial charge in [0.25, 0.3) is 0 Å². The number of carbonyl (C=O) groups is 1. The predicted octanol–water partition coefficient (Wildman–Crippen LogP) is -0.329. The number of rotatable bonds is 5. The van der Waals surface area contributed by atoms with Gasteiger partial charge < -0.3 is 14.8 Å². The third-order valence-corrected chi connectivity index (χ3v) is 2.43. The SMILES string of the molecule is C[C@@H](O)[C@H](C(=O)O)n1cc([N+](=O)[O-])c(=O)c([N+](=O)[O-])c1. The van der Waals surface area contributed by atoms with Gasteiger partial charge in [0, 0.05) is 0 Å². The molecule has 0 aliphatic carbocycles. The summed E-state index contributed by atoms with van der Waals surface area (Å²) in [5.74, 6) is -1.56. The van der Waals surface area contributed by atoms with Crippen molar-refractivity contribution in [1.29, 1.82) is 0 Å². The van der Waals surface area contributed by atoms with E-state index in [0.29, 0.717) is 17.0 Å². The van der Waals surface area contributed by atoms with Crippen LogP contribution in [0.2, 0.25) is 0 Å². The van der Waals surface area contributed by atoms with Gasteiger partial charge in [-0.05, 0) is 6.92 Å². The van der Waals surface area contributed by atoms with E-state index in [4.69, 9.17) is 5.11 Å². The molecule has 20 heavy (non-hydrogen) atoms. The molecule has 1 rings (SSSR count). The first kappa shape index (κ1) is 15.2. The monoisotopic (exact) mass is 287 g/mol.